The fourth-order valence-electron chi connectivity index (χ4n) is 1.61. The third kappa shape index (κ3) is 3.11. The van der Waals surface area contributed by atoms with Gasteiger partial charge in [0.2, 0.25) is 0 Å². The second-order valence-corrected chi connectivity index (χ2v) is 4.60. The highest BCUT2D eigenvalue weighted by Gasteiger charge is 2.01. The summed E-state index contributed by atoms with van der Waals surface area (Å²) in [6.45, 7) is 2.00. The molecule has 0 spiro atoms. The van der Waals surface area contributed by atoms with Gasteiger partial charge in [-0.05, 0) is 30.7 Å². The Kier molecular flexibility index (Phi) is 4.00. The van der Waals surface area contributed by atoms with E-state index in [0.717, 1.165) is 16.0 Å². The number of allylic oxidation sites excluding steroid dienone is 1. The standard InChI is InChI=1S/C16H14OS/c1-12-6-8-13(9-7-12)15(17)11-10-14-4-2-3-5-16(14)18/h2-11,18H,1H3/b11-10-. The van der Waals surface area contributed by atoms with E-state index in [0.29, 0.717) is 5.56 Å². The molecule has 2 rings (SSSR count). The Labute approximate surface area is 113 Å². The van der Waals surface area contributed by atoms with Crippen molar-refractivity contribution < 1.29 is 4.79 Å². The van der Waals surface area contributed by atoms with Gasteiger partial charge in [-0.25, -0.2) is 0 Å². The van der Waals surface area contributed by atoms with Gasteiger partial charge in [0.25, 0.3) is 0 Å². The van der Waals surface area contributed by atoms with Crippen molar-refractivity contribution in [3.8, 4) is 0 Å². The van der Waals surface area contributed by atoms with E-state index in [1.165, 1.54) is 0 Å². The number of thiol groups is 1. The molecule has 2 aromatic rings. The summed E-state index contributed by atoms with van der Waals surface area (Å²) in [5, 5.41) is 0. The summed E-state index contributed by atoms with van der Waals surface area (Å²) in [7, 11) is 0. The van der Waals surface area contributed by atoms with Crippen LogP contribution in [0.4, 0.5) is 0 Å². The summed E-state index contributed by atoms with van der Waals surface area (Å²) >= 11 is 4.34. The third-order valence-corrected chi connectivity index (χ3v) is 3.09. The topological polar surface area (TPSA) is 17.1 Å². The lowest BCUT2D eigenvalue weighted by molar-refractivity contribution is 0.104. The summed E-state index contributed by atoms with van der Waals surface area (Å²) in [6, 6.07) is 15.2. The number of carbonyl (C=O) groups excluding carboxylic acids is 1. The maximum atomic E-state index is 11.9. The lowest BCUT2D eigenvalue weighted by atomic mass is 10.1. The Hall–Kier alpha value is -1.80. The molecule has 0 atom stereocenters. The van der Waals surface area contributed by atoms with Gasteiger partial charge < -0.3 is 0 Å². The van der Waals surface area contributed by atoms with Gasteiger partial charge in [0.15, 0.2) is 5.78 Å². The molecule has 0 heterocycles. The van der Waals surface area contributed by atoms with Crippen LogP contribution in [-0.2, 0) is 0 Å². The van der Waals surface area contributed by atoms with Crippen LogP contribution < -0.4 is 0 Å². The summed E-state index contributed by atoms with van der Waals surface area (Å²) in [6.07, 6.45) is 3.38. The first kappa shape index (κ1) is 12.7. The number of ketones is 1. The van der Waals surface area contributed by atoms with Crippen molar-refractivity contribution in [2.24, 2.45) is 0 Å². The predicted molar refractivity (Wildman–Crippen MR) is 78.2 cm³/mol. The van der Waals surface area contributed by atoms with Crippen LogP contribution in [0.1, 0.15) is 21.5 Å². The molecule has 2 aromatic carbocycles. The van der Waals surface area contributed by atoms with Crippen LogP contribution in [0.25, 0.3) is 6.08 Å². The van der Waals surface area contributed by atoms with Crippen molar-refractivity contribution in [2.75, 3.05) is 0 Å². The Morgan fingerprint density at radius 1 is 1.06 bits per heavy atom. The molecule has 0 saturated carbocycles. The zero-order chi connectivity index (χ0) is 13.0. The number of hydrogen-bond donors (Lipinski definition) is 1. The van der Waals surface area contributed by atoms with Crippen molar-refractivity contribution in [2.45, 2.75) is 11.8 Å². The minimum absolute atomic E-state index is 0.00610. The zero-order valence-electron chi connectivity index (χ0n) is 10.1. The first-order chi connectivity index (χ1) is 8.66. The fraction of sp³-hybridized carbons (Fsp3) is 0.0625. The van der Waals surface area contributed by atoms with Crippen molar-refractivity contribution in [1.82, 2.24) is 0 Å². The fourth-order valence-corrected chi connectivity index (χ4v) is 1.84. The molecule has 0 aromatic heterocycles. The number of benzene rings is 2. The smallest absolute Gasteiger partial charge is 0.185 e. The van der Waals surface area contributed by atoms with Crippen LogP contribution in [0, 0.1) is 6.92 Å². The highest BCUT2D eigenvalue weighted by atomic mass is 32.1. The summed E-state index contributed by atoms with van der Waals surface area (Å²) in [5.74, 6) is 0.00610. The Morgan fingerprint density at radius 2 is 1.72 bits per heavy atom. The van der Waals surface area contributed by atoms with E-state index in [4.69, 9.17) is 0 Å². The average Bonchev–Trinajstić information content (AvgIpc) is 2.38. The van der Waals surface area contributed by atoms with E-state index < -0.39 is 0 Å². The van der Waals surface area contributed by atoms with E-state index in [1.807, 2.05) is 55.5 Å². The van der Waals surface area contributed by atoms with E-state index in [-0.39, 0.29) is 5.78 Å². The molecule has 0 fully saturated rings. The zero-order valence-corrected chi connectivity index (χ0v) is 11.0. The molecule has 0 aliphatic carbocycles. The van der Waals surface area contributed by atoms with Gasteiger partial charge in [-0.15, -0.1) is 12.6 Å². The number of rotatable bonds is 3. The van der Waals surface area contributed by atoms with E-state index in [2.05, 4.69) is 12.6 Å². The third-order valence-electron chi connectivity index (χ3n) is 2.69. The molecule has 0 amide bonds. The molecular weight excluding hydrogens is 240 g/mol. The predicted octanol–water partition coefficient (Wildman–Crippen LogP) is 4.18. The van der Waals surface area contributed by atoms with Crippen molar-refractivity contribution in [1.29, 1.82) is 0 Å². The van der Waals surface area contributed by atoms with Crippen LogP contribution in [-0.4, -0.2) is 5.78 Å². The lowest BCUT2D eigenvalue weighted by Gasteiger charge is -1.99. The minimum atomic E-state index is 0.00610. The van der Waals surface area contributed by atoms with Crippen LogP contribution >= 0.6 is 12.6 Å². The van der Waals surface area contributed by atoms with E-state index in [1.54, 1.807) is 12.2 Å². The molecule has 0 unspecified atom stereocenters. The maximum absolute atomic E-state index is 11.9. The molecule has 18 heavy (non-hydrogen) atoms. The van der Waals surface area contributed by atoms with Gasteiger partial charge in [0, 0.05) is 10.5 Å². The van der Waals surface area contributed by atoms with Crippen LogP contribution in [0.2, 0.25) is 0 Å². The van der Waals surface area contributed by atoms with Crippen LogP contribution in [0.5, 0.6) is 0 Å². The van der Waals surface area contributed by atoms with Gasteiger partial charge in [0.1, 0.15) is 0 Å². The van der Waals surface area contributed by atoms with Crippen LogP contribution in [0.15, 0.2) is 59.5 Å². The molecule has 0 N–H and O–H groups in total. The Balaban J connectivity index is 2.17. The second kappa shape index (κ2) is 5.69. The van der Waals surface area contributed by atoms with E-state index >= 15 is 0 Å². The van der Waals surface area contributed by atoms with Gasteiger partial charge in [-0.2, -0.15) is 0 Å². The minimum Gasteiger partial charge on any atom is -0.289 e. The maximum Gasteiger partial charge on any atom is 0.185 e. The first-order valence-corrected chi connectivity index (χ1v) is 6.18. The van der Waals surface area contributed by atoms with Gasteiger partial charge in [0.05, 0.1) is 0 Å². The molecule has 2 heteroatoms. The molecule has 0 bridgehead atoms. The number of carbonyl (C=O) groups is 1. The summed E-state index contributed by atoms with van der Waals surface area (Å²) in [4.78, 5) is 12.8. The Bertz CT molecular complexity index is 582. The second-order valence-electron chi connectivity index (χ2n) is 4.12. The molecule has 90 valence electrons. The van der Waals surface area contributed by atoms with Crippen molar-refractivity contribution in [3.05, 3.63) is 71.3 Å². The van der Waals surface area contributed by atoms with Crippen molar-refractivity contribution >= 4 is 24.5 Å². The van der Waals surface area contributed by atoms with Crippen molar-refractivity contribution in [3.63, 3.8) is 0 Å². The average molecular weight is 254 g/mol. The molecule has 1 nitrogen and oxygen atoms in total. The molecule has 0 aliphatic rings. The number of hydrogen-bond acceptors (Lipinski definition) is 2. The lowest BCUT2D eigenvalue weighted by Crippen LogP contribution is -1.93. The van der Waals surface area contributed by atoms with Gasteiger partial charge in [-0.1, -0.05) is 48.0 Å². The molecule has 0 aliphatic heterocycles. The van der Waals surface area contributed by atoms with Gasteiger partial charge in [-0.3, -0.25) is 4.79 Å². The molecule has 0 saturated heterocycles. The number of aryl methyl sites for hydroxylation is 1. The normalized spacial score (nSPS) is 10.8. The molecular formula is C16H14OS. The largest absolute Gasteiger partial charge is 0.289 e. The first-order valence-electron chi connectivity index (χ1n) is 5.74. The monoisotopic (exact) mass is 254 g/mol. The highest BCUT2D eigenvalue weighted by molar-refractivity contribution is 7.80. The quantitative estimate of drug-likeness (QED) is 0.494. The van der Waals surface area contributed by atoms with E-state index in [9.17, 15) is 4.79 Å². The summed E-state index contributed by atoms with van der Waals surface area (Å²) < 4.78 is 0. The van der Waals surface area contributed by atoms with Crippen LogP contribution in [0.3, 0.4) is 0 Å². The highest BCUT2D eigenvalue weighted by Crippen LogP contribution is 2.15. The Morgan fingerprint density at radius 3 is 2.39 bits per heavy atom. The SMILES string of the molecule is Cc1ccc(C(=O)/C=C\c2ccccc2S)cc1. The molecule has 0 radical (unpaired) electrons. The van der Waals surface area contributed by atoms with Gasteiger partial charge >= 0.3 is 0 Å². The summed E-state index contributed by atoms with van der Waals surface area (Å²) in [5.41, 5.74) is 2.80.